The second kappa shape index (κ2) is 17.7. The molecule has 221 valence electrons. The minimum Gasteiger partial charge on any atom is -0.870 e. The van der Waals surface area contributed by atoms with E-state index in [0.29, 0.717) is 30.0 Å². The predicted molar refractivity (Wildman–Crippen MR) is 177 cm³/mol. The molecular formula is C27H16Br6DyN3O5. The number of halogens is 6. The molecule has 0 saturated heterocycles. The first-order valence-electron chi connectivity index (χ1n) is 10.8. The summed E-state index contributed by atoms with van der Waals surface area (Å²) in [6.45, 7) is 0. The molecule has 0 atom stereocenters. The van der Waals surface area contributed by atoms with Crippen LogP contribution in [0, 0.1) is 38.2 Å². The van der Waals surface area contributed by atoms with Crippen LogP contribution in [-0.4, -0.2) is 25.9 Å². The van der Waals surface area contributed by atoms with Crippen molar-refractivity contribution in [2.45, 2.75) is 0 Å². The number of hydrogen-bond acceptors (Lipinski definition) is 6. The van der Waals surface area contributed by atoms with E-state index < -0.39 is 0 Å². The molecule has 15 heteroatoms. The second-order valence-corrected chi connectivity index (χ2v) is 12.8. The normalized spacial score (nSPS) is 9.86. The Hall–Kier alpha value is -0.637. The molecular weight excluding hydrogens is 1090 g/mol. The van der Waals surface area contributed by atoms with Gasteiger partial charge in [-0.1, -0.05) is 131 Å². The summed E-state index contributed by atoms with van der Waals surface area (Å²) in [5, 5.41) is 37.2. The van der Waals surface area contributed by atoms with Gasteiger partial charge in [-0.05, 0) is 36.4 Å². The molecule has 6 aromatic rings. The van der Waals surface area contributed by atoms with Crippen LogP contribution in [0.5, 0.6) is 17.2 Å². The van der Waals surface area contributed by atoms with Gasteiger partial charge in [0, 0.05) is 61.6 Å². The van der Waals surface area contributed by atoms with Gasteiger partial charge in [-0.2, -0.15) is 0 Å². The fourth-order valence-corrected chi connectivity index (χ4v) is 7.26. The third-order valence-electron chi connectivity index (χ3n) is 5.25. The molecule has 0 unspecified atom stereocenters. The molecule has 0 aliphatic carbocycles. The van der Waals surface area contributed by atoms with Crippen LogP contribution in [0.15, 0.2) is 100 Å². The summed E-state index contributed by atoms with van der Waals surface area (Å²) < 4.78 is 4.23. The van der Waals surface area contributed by atoms with E-state index in [4.69, 9.17) is 0 Å². The zero-order chi connectivity index (χ0) is 28.3. The van der Waals surface area contributed by atoms with E-state index >= 15 is 0 Å². The zero-order valence-corrected chi connectivity index (χ0v) is 32.1. The minimum absolute atomic E-state index is 0. The molecule has 1 radical (unpaired) electrons. The average molecular weight is 1100 g/mol. The van der Waals surface area contributed by atoms with Gasteiger partial charge >= 0.3 is 38.2 Å². The van der Waals surface area contributed by atoms with Crippen molar-refractivity contribution in [1.29, 1.82) is 0 Å². The number of pyridine rings is 3. The Labute approximate surface area is 320 Å². The van der Waals surface area contributed by atoms with Gasteiger partial charge in [0.05, 0.1) is 16.6 Å². The number of aromatic nitrogens is 3. The summed E-state index contributed by atoms with van der Waals surface area (Å²) in [6, 6.07) is 16.2. The van der Waals surface area contributed by atoms with Gasteiger partial charge < -0.3 is 26.3 Å². The van der Waals surface area contributed by atoms with Crippen LogP contribution >= 0.6 is 95.6 Å². The van der Waals surface area contributed by atoms with Gasteiger partial charge in [0.1, 0.15) is 0 Å². The fourth-order valence-electron chi connectivity index (χ4n) is 3.44. The Morgan fingerprint density at radius 3 is 0.905 bits per heavy atom. The van der Waals surface area contributed by atoms with Crippen LogP contribution in [0.3, 0.4) is 0 Å². The van der Waals surface area contributed by atoms with Crippen molar-refractivity contribution in [2.75, 3.05) is 0 Å². The van der Waals surface area contributed by atoms with Gasteiger partial charge in [-0.15, -0.1) is 0 Å². The quantitative estimate of drug-likeness (QED) is 0.161. The Morgan fingerprint density at radius 1 is 0.429 bits per heavy atom. The molecule has 0 saturated carbocycles. The first-order valence-corrected chi connectivity index (χ1v) is 15.5. The van der Waals surface area contributed by atoms with Gasteiger partial charge in [-0.3, -0.25) is 15.0 Å². The van der Waals surface area contributed by atoms with Crippen LogP contribution in [0.1, 0.15) is 0 Å². The maximum Gasteiger partial charge on any atom is 3.00 e. The van der Waals surface area contributed by atoms with Gasteiger partial charge in [0.25, 0.3) is 0 Å². The van der Waals surface area contributed by atoms with Gasteiger partial charge in [0.15, 0.2) is 0 Å². The van der Waals surface area contributed by atoms with Gasteiger partial charge in [0.2, 0.25) is 0 Å². The SMILES string of the molecule is O.O.[Dy+3].[O-]c1c(Br)cc(Br)c2cccnc12.[O-]c1c(Br)cc(Br)c2cccnc12.[O-]c1c(Br)cc(Br)c2cccnc12. The van der Waals surface area contributed by atoms with E-state index in [2.05, 4.69) is 111 Å². The molecule has 3 heterocycles. The molecule has 0 aliphatic rings. The van der Waals surface area contributed by atoms with Crippen molar-refractivity contribution < 1.29 is 64.4 Å². The maximum atomic E-state index is 11.6. The monoisotopic (exact) mass is 1100 g/mol. The van der Waals surface area contributed by atoms with E-state index in [1.165, 1.54) is 0 Å². The number of fused-ring (bicyclic) bond motifs is 3. The Morgan fingerprint density at radius 2 is 0.667 bits per heavy atom. The molecule has 3 aromatic heterocycles. The summed E-state index contributed by atoms with van der Waals surface area (Å²) in [7, 11) is 0. The van der Waals surface area contributed by atoms with E-state index in [0.717, 1.165) is 29.6 Å². The number of hydrogen-bond donors (Lipinski definition) is 0. The number of benzene rings is 3. The third-order valence-corrected chi connectivity index (χ3v) is 8.99. The Kier molecular flexibility index (Phi) is 16.6. The largest absolute Gasteiger partial charge is 3.00 e. The van der Waals surface area contributed by atoms with Crippen molar-refractivity contribution in [3.05, 3.63) is 100 Å². The Bertz CT molecular complexity index is 1640. The minimum atomic E-state index is -0.0706. The summed E-state index contributed by atoms with van der Waals surface area (Å²) in [4.78, 5) is 12.1. The molecule has 42 heavy (non-hydrogen) atoms. The molecule has 0 aliphatic heterocycles. The molecule has 0 amide bonds. The smallest absolute Gasteiger partial charge is 0.870 e. The molecule has 6 rings (SSSR count). The van der Waals surface area contributed by atoms with E-state index in [1.807, 2.05) is 18.2 Å². The van der Waals surface area contributed by atoms with E-state index in [1.54, 1.807) is 55.0 Å². The number of rotatable bonds is 0. The maximum absolute atomic E-state index is 11.6. The molecule has 0 fully saturated rings. The number of nitrogens with zero attached hydrogens (tertiary/aromatic N) is 3. The van der Waals surface area contributed by atoms with Crippen molar-refractivity contribution in [1.82, 2.24) is 15.0 Å². The molecule has 8 nitrogen and oxygen atoms in total. The molecule has 3 aromatic carbocycles. The van der Waals surface area contributed by atoms with Crippen molar-refractivity contribution in [3.8, 4) is 17.2 Å². The van der Waals surface area contributed by atoms with E-state index in [9.17, 15) is 15.3 Å². The predicted octanol–water partition coefficient (Wildman–Crippen LogP) is 6.85. The summed E-state index contributed by atoms with van der Waals surface area (Å²) >= 11 is 19.7. The van der Waals surface area contributed by atoms with Crippen LogP contribution < -0.4 is 15.3 Å². The first-order chi connectivity index (χ1) is 18.6. The van der Waals surface area contributed by atoms with Crippen molar-refractivity contribution in [2.24, 2.45) is 0 Å². The van der Waals surface area contributed by atoms with E-state index in [-0.39, 0.29) is 66.4 Å². The average Bonchev–Trinajstić information content (AvgIpc) is 2.94. The van der Waals surface area contributed by atoms with Crippen molar-refractivity contribution >= 4 is 128 Å². The second-order valence-electron chi connectivity index (χ2n) is 7.71. The van der Waals surface area contributed by atoms with Crippen LogP contribution in [0.4, 0.5) is 0 Å². The molecule has 0 spiro atoms. The summed E-state index contributed by atoms with van der Waals surface area (Å²) in [5.41, 5.74) is 1.47. The Balaban J connectivity index is 0.000000304. The first kappa shape index (κ1) is 39.4. The third kappa shape index (κ3) is 8.97. The van der Waals surface area contributed by atoms with Crippen molar-refractivity contribution in [3.63, 3.8) is 0 Å². The molecule has 0 bridgehead atoms. The van der Waals surface area contributed by atoms with Crippen LogP contribution in [0.2, 0.25) is 0 Å². The van der Waals surface area contributed by atoms with Gasteiger partial charge in [-0.25, -0.2) is 0 Å². The van der Waals surface area contributed by atoms with Crippen LogP contribution in [0.25, 0.3) is 32.7 Å². The summed E-state index contributed by atoms with van der Waals surface area (Å²) in [5.74, 6) is -0.212. The van der Waals surface area contributed by atoms with Crippen LogP contribution in [-0.2, 0) is 0 Å². The fraction of sp³-hybridized carbons (Fsp3) is 0. The summed E-state index contributed by atoms with van der Waals surface area (Å²) in [6.07, 6.45) is 4.84. The standard InChI is InChI=1S/3C9H5Br2NO.Dy.2H2O/c3*10-6-4-7(11)9(13)8-5(6)2-1-3-12-8;;;/h3*1-4,13H;;2*1H2/q;;;+3;;/p-3. The molecule has 4 N–H and O–H groups in total. The zero-order valence-electron chi connectivity index (χ0n) is 20.6. The topological polar surface area (TPSA) is 171 Å².